The molecular formula is C16H18ClN3. The van der Waals surface area contributed by atoms with E-state index >= 15 is 0 Å². The van der Waals surface area contributed by atoms with Crippen LogP contribution in [0.25, 0.3) is 0 Å². The summed E-state index contributed by atoms with van der Waals surface area (Å²) in [5.74, 6) is 0. The second kappa shape index (κ2) is 5.81. The number of hydrogen-bond acceptors (Lipinski definition) is 3. The molecule has 2 heterocycles. The highest BCUT2D eigenvalue weighted by molar-refractivity contribution is 6.29. The van der Waals surface area contributed by atoms with Crippen LogP contribution in [0.3, 0.4) is 0 Å². The van der Waals surface area contributed by atoms with Crippen LogP contribution in [-0.2, 0) is 13.1 Å². The van der Waals surface area contributed by atoms with E-state index in [4.69, 9.17) is 11.6 Å². The van der Waals surface area contributed by atoms with E-state index in [0.717, 1.165) is 25.3 Å². The molecule has 4 heteroatoms. The van der Waals surface area contributed by atoms with Crippen LogP contribution in [-0.4, -0.2) is 17.6 Å². The molecule has 3 rings (SSSR count). The van der Waals surface area contributed by atoms with Crippen LogP contribution >= 0.6 is 11.6 Å². The zero-order valence-corrected chi connectivity index (χ0v) is 12.3. The zero-order chi connectivity index (χ0) is 13.9. The van der Waals surface area contributed by atoms with Crippen LogP contribution < -0.4 is 10.2 Å². The van der Waals surface area contributed by atoms with E-state index in [1.165, 1.54) is 11.3 Å². The average molecular weight is 288 g/mol. The van der Waals surface area contributed by atoms with Gasteiger partial charge >= 0.3 is 0 Å². The highest BCUT2D eigenvalue weighted by Crippen LogP contribution is 2.25. The number of anilines is 1. The maximum absolute atomic E-state index is 5.98. The van der Waals surface area contributed by atoms with Gasteiger partial charge < -0.3 is 10.2 Å². The van der Waals surface area contributed by atoms with Crippen LogP contribution in [0, 0.1) is 0 Å². The largest absolute Gasteiger partial charge is 0.364 e. The number of nitrogens with zero attached hydrogens (tertiary/aromatic N) is 2. The third kappa shape index (κ3) is 2.94. The van der Waals surface area contributed by atoms with Crippen molar-refractivity contribution < 1.29 is 0 Å². The molecular weight excluding hydrogens is 270 g/mol. The molecule has 3 nitrogen and oxygen atoms in total. The first-order valence-corrected chi connectivity index (χ1v) is 7.28. The summed E-state index contributed by atoms with van der Waals surface area (Å²) in [6.07, 6.45) is 0. The van der Waals surface area contributed by atoms with E-state index in [2.05, 4.69) is 46.4 Å². The van der Waals surface area contributed by atoms with Gasteiger partial charge in [0, 0.05) is 24.8 Å². The Bertz CT molecular complexity index is 600. The lowest BCUT2D eigenvalue weighted by molar-refractivity contribution is 0.551. The Morgan fingerprint density at radius 2 is 2.10 bits per heavy atom. The van der Waals surface area contributed by atoms with Crippen molar-refractivity contribution in [3.63, 3.8) is 0 Å². The highest BCUT2D eigenvalue weighted by Gasteiger charge is 2.19. The number of benzene rings is 1. The molecule has 0 spiro atoms. The first kappa shape index (κ1) is 13.4. The van der Waals surface area contributed by atoms with E-state index in [9.17, 15) is 0 Å². The van der Waals surface area contributed by atoms with Crippen LogP contribution in [0.2, 0.25) is 5.15 Å². The number of aromatic nitrogens is 1. The minimum Gasteiger partial charge on any atom is -0.364 e. The van der Waals surface area contributed by atoms with E-state index in [-0.39, 0.29) is 0 Å². The molecule has 1 unspecified atom stereocenters. The van der Waals surface area contributed by atoms with Gasteiger partial charge in [-0.25, -0.2) is 4.98 Å². The number of rotatable bonds is 2. The Hall–Kier alpha value is -1.58. The molecule has 1 aliphatic heterocycles. The van der Waals surface area contributed by atoms with Gasteiger partial charge in [-0.1, -0.05) is 35.9 Å². The fourth-order valence-corrected chi connectivity index (χ4v) is 2.81. The lowest BCUT2D eigenvalue weighted by atomic mass is 10.1. The summed E-state index contributed by atoms with van der Waals surface area (Å²) in [4.78, 5) is 6.77. The topological polar surface area (TPSA) is 28.2 Å². The van der Waals surface area contributed by atoms with Gasteiger partial charge in [0.2, 0.25) is 0 Å². The van der Waals surface area contributed by atoms with Crippen molar-refractivity contribution in [3.8, 4) is 0 Å². The van der Waals surface area contributed by atoms with Crippen LogP contribution in [0.5, 0.6) is 0 Å². The molecule has 1 N–H and O–H groups in total. The minimum atomic E-state index is 0.446. The number of pyridine rings is 1. The fourth-order valence-electron chi connectivity index (χ4n) is 2.63. The van der Waals surface area contributed by atoms with Crippen molar-refractivity contribution >= 4 is 17.3 Å². The first-order chi connectivity index (χ1) is 9.72. The molecule has 104 valence electrons. The number of fused-ring (bicyclic) bond motifs is 1. The monoisotopic (exact) mass is 287 g/mol. The molecule has 1 aliphatic rings. The number of halogens is 1. The Balaban J connectivity index is 1.90. The molecule has 0 bridgehead atoms. The van der Waals surface area contributed by atoms with E-state index in [0.29, 0.717) is 11.2 Å². The molecule has 1 aromatic carbocycles. The molecule has 0 radical (unpaired) electrons. The summed E-state index contributed by atoms with van der Waals surface area (Å²) in [5, 5.41) is 4.09. The molecule has 0 saturated heterocycles. The molecule has 1 atom stereocenters. The van der Waals surface area contributed by atoms with Crippen molar-refractivity contribution in [2.75, 3.05) is 11.4 Å². The first-order valence-electron chi connectivity index (χ1n) is 6.90. The average Bonchev–Trinajstić information content (AvgIpc) is 2.59. The Labute approximate surface area is 124 Å². The van der Waals surface area contributed by atoms with Gasteiger partial charge in [0.05, 0.1) is 12.2 Å². The summed E-state index contributed by atoms with van der Waals surface area (Å²) >= 11 is 5.98. The zero-order valence-electron chi connectivity index (χ0n) is 11.5. The summed E-state index contributed by atoms with van der Waals surface area (Å²) in [6, 6.07) is 14.8. The maximum Gasteiger partial charge on any atom is 0.129 e. The van der Waals surface area contributed by atoms with Crippen molar-refractivity contribution in [1.82, 2.24) is 10.3 Å². The molecule has 0 fully saturated rings. The van der Waals surface area contributed by atoms with Crippen LogP contribution in [0.1, 0.15) is 18.2 Å². The quantitative estimate of drug-likeness (QED) is 0.860. The van der Waals surface area contributed by atoms with Crippen molar-refractivity contribution in [2.45, 2.75) is 26.1 Å². The Morgan fingerprint density at radius 1 is 1.25 bits per heavy atom. The van der Waals surface area contributed by atoms with Crippen molar-refractivity contribution in [2.24, 2.45) is 0 Å². The Kier molecular flexibility index (Phi) is 3.90. The van der Waals surface area contributed by atoms with Crippen molar-refractivity contribution in [1.29, 1.82) is 0 Å². The van der Waals surface area contributed by atoms with Gasteiger partial charge in [0.25, 0.3) is 0 Å². The summed E-state index contributed by atoms with van der Waals surface area (Å²) < 4.78 is 0. The molecule has 0 amide bonds. The SMILES string of the molecule is CC1CN(Cc2cccc(Cl)n2)c2ccccc2CN1. The van der Waals surface area contributed by atoms with Gasteiger partial charge in [0.1, 0.15) is 5.15 Å². The van der Waals surface area contributed by atoms with E-state index in [1.54, 1.807) is 0 Å². The second-order valence-electron chi connectivity index (χ2n) is 5.24. The van der Waals surface area contributed by atoms with E-state index < -0.39 is 0 Å². The fraction of sp³-hybridized carbons (Fsp3) is 0.312. The Morgan fingerprint density at radius 3 is 2.95 bits per heavy atom. The lowest BCUT2D eigenvalue weighted by Gasteiger charge is -2.26. The molecule has 20 heavy (non-hydrogen) atoms. The third-order valence-electron chi connectivity index (χ3n) is 3.59. The second-order valence-corrected chi connectivity index (χ2v) is 5.63. The smallest absolute Gasteiger partial charge is 0.129 e. The van der Waals surface area contributed by atoms with Gasteiger partial charge in [-0.05, 0) is 30.7 Å². The van der Waals surface area contributed by atoms with Crippen LogP contribution in [0.15, 0.2) is 42.5 Å². The van der Waals surface area contributed by atoms with Gasteiger partial charge in [-0.15, -0.1) is 0 Å². The standard InChI is InChI=1S/C16H18ClN3/c1-12-10-20(11-14-6-4-8-16(17)19-14)15-7-3-2-5-13(15)9-18-12/h2-8,12,18H,9-11H2,1H3. The maximum atomic E-state index is 5.98. The highest BCUT2D eigenvalue weighted by atomic mass is 35.5. The summed E-state index contributed by atoms with van der Waals surface area (Å²) in [5.41, 5.74) is 3.62. The summed E-state index contributed by atoms with van der Waals surface area (Å²) in [6.45, 7) is 4.87. The molecule has 1 aromatic heterocycles. The van der Waals surface area contributed by atoms with Crippen LogP contribution in [0.4, 0.5) is 5.69 Å². The lowest BCUT2D eigenvalue weighted by Crippen LogP contribution is -2.35. The summed E-state index contributed by atoms with van der Waals surface area (Å²) in [7, 11) is 0. The van der Waals surface area contributed by atoms with Crippen molar-refractivity contribution in [3.05, 3.63) is 58.9 Å². The number of hydrogen-bond donors (Lipinski definition) is 1. The number of nitrogens with one attached hydrogen (secondary N) is 1. The molecule has 0 saturated carbocycles. The van der Waals surface area contributed by atoms with Gasteiger partial charge in [-0.3, -0.25) is 0 Å². The predicted octanol–water partition coefficient (Wildman–Crippen LogP) is 3.23. The van der Waals surface area contributed by atoms with Gasteiger partial charge in [0.15, 0.2) is 0 Å². The minimum absolute atomic E-state index is 0.446. The molecule has 0 aliphatic carbocycles. The van der Waals surface area contributed by atoms with E-state index in [1.807, 2.05) is 18.2 Å². The predicted molar refractivity (Wildman–Crippen MR) is 83.0 cm³/mol. The molecule has 2 aromatic rings. The van der Waals surface area contributed by atoms with Gasteiger partial charge in [-0.2, -0.15) is 0 Å². The number of para-hydroxylation sites is 1. The third-order valence-corrected chi connectivity index (χ3v) is 3.80. The normalized spacial score (nSPS) is 18.5.